The third-order valence-electron chi connectivity index (χ3n) is 4.29. The van der Waals surface area contributed by atoms with Gasteiger partial charge >= 0.3 is 0 Å². The molecule has 0 spiro atoms. The maximum Gasteiger partial charge on any atom is 0.0441 e. The van der Waals surface area contributed by atoms with Crippen LogP contribution in [0.1, 0.15) is 38.5 Å². The molecule has 3 aliphatic carbocycles. The average Bonchev–Trinajstić information content (AvgIpc) is 3.09. The van der Waals surface area contributed by atoms with Gasteiger partial charge in [-0.1, -0.05) is 5.57 Å². The molecule has 0 unspecified atom stereocenters. The highest BCUT2D eigenvalue weighted by atomic mass is 15.4. The van der Waals surface area contributed by atoms with Crippen molar-refractivity contribution in [1.29, 1.82) is 0 Å². The van der Waals surface area contributed by atoms with Gasteiger partial charge in [0, 0.05) is 12.1 Å². The van der Waals surface area contributed by atoms with Crippen molar-refractivity contribution in [2.24, 2.45) is 11.8 Å². The second-order valence-corrected chi connectivity index (χ2v) is 5.43. The Morgan fingerprint density at radius 2 is 1.29 bits per heavy atom. The molecule has 0 aromatic carbocycles. The number of allylic oxidation sites excluding steroid dienone is 1. The number of hydrogen-bond acceptors (Lipinski definition) is 2. The van der Waals surface area contributed by atoms with E-state index in [1.165, 1.54) is 38.5 Å². The first-order valence-corrected chi connectivity index (χ1v) is 6.18. The van der Waals surface area contributed by atoms with Gasteiger partial charge in [-0.25, -0.2) is 0 Å². The average molecular weight is 190 g/mol. The number of hydrogen-bond donors (Lipinski definition) is 2. The molecule has 76 valence electrons. The van der Waals surface area contributed by atoms with E-state index in [-0.39, 0.29) is 0 Å². The third kappa shape index (κ3) is 1.04. The number of nitrogens with one attached hydrogen (secondary N) is 2. The minimum Gasteiger partial charge on any atom is -0.250 e. The topological polar surface area (TPSA) is 24.1 Å². The highest BCUT2D eigenvalue weighted by Gasteiger charge is 2.45. The van der Waals surface area contributed by atoms with Crippen LogP contribution in [0.2, 0.25) is 0 Å². The monoisotopic (exact) mass is 190 g/mol. The first-order chi connectivity index (χ1) is 6.93. The zero-order valence-electron chi connectivity index (χ0n) is 8.55. The molecule has 0 aromatic rings. The fraction of sp³-hybridized carbons (Fsp3) is 0.833. The second kappa shape index (κ2) is 2.61. The lowest BCUT2D eigenvalue weighted by Crippen LogP contribution is -2.37. The Hall–Kier alpha value is -0.340. The summed E-state index contributed by atoms with van der Waals surface area (Å²) in [4.78, 5) is 0. The van der Waals surface area contributed by atoms with Gasteiger partial charge in [-0.15, -0.1) is 0 Å². The van der Waals surface area contributed by atoms with Gasteiger partial charge in [0.1, 0.15) is 0 Å². The summed E-state index contributed by atoms with van der Waals surface area (Å²) >= 11 is 0. The van der Waals surface area contributed by atoms with Crippen molar-refractivity contribution >= 4 is 0 Å². The normalized spacial score (nSPS) is 40.7. The van der Waals surface area contributed by atoms with Gasteiger partial charge < -0.3 is 0 Å². The fourth-order valence-corrected chi connectivity index (χ4v) is 3.38. The predicted octanol–water partition coefficient (Wildman–Crippen LogP) is 1.74. The lowest BCUT2D eigenvalue weighted by molar-refractivity contribution is 0.437. The van der Waals surface area contributed by atoms with Crippen LogP contribution in [0.5, 0.6) is 0 Å². The summed E-state index contributed by atoms with van der Waals surface area (Å²) in [5.41, 5.74) is 10.6. The highest BCUT2D eigenvalue weighted by molar-refractivity contribution is 5.38. The largest absolute Gasteiger partial charge is 0.250 e. The van der Waals surface area contributed by atoms with E-state index in [9.17, 15) is 0 Å². The molecule has 4 aliphatic rings. The molecule has 4 fully saturated rings. The van der Waals surface area contributed by atoms with E-state index in [1.807, 2.05) is 5.57 Å². The van der Waals surface area contributed by atoms with Gasteiger partial charge in [0.15, 0.2) is 0 Å². The van der Waals surface area contributed by atoms with Gasteiger partial charge in [-0.2, -0.15) is 0 Å². The highest BCUT2D eigenvalue weighted by Crippen LogP contribution is 2.52. The second-order valence-electron chi connectivity index (χ2n) is 5.43. The summed E-state index contributed by atoms with van der Waals surface area (Å²) in [5, 5.41) is 0. The van der Waals surface area contributed by atoms with Crippen LogP contribution in [0.4, 0.5) is 0 Å². The predicted molar refractivity (Wildman–Crippen MR) is 55.6 cm³/mol. The molecule has 2 heteroatoms. The minimum absolute atomic E-state index is 0.705. The van der Waals surface area contributed by atoms with Crippen molar-refractivity contribution in [3.63, 3.8) is 0 Å². The number of fused-ring (bicyclic) bond motifs is 2. The summed E-state index contributed by atoms with van der Waals surface area (Å²) < 4.78 is 0. The lowest BCUT2D eigenvalue weighted by Gasteiger charge is -2.12. The maximum atomic E-state index is 3.44. The summed E-state index contributed by atoms with van der Waals surface area (Å²) in [7, 11) is 0. The van der Waals surface area contributed by atoms with Crippen LogP contribution in [0, 0.1) is 11.8 Å². The van der Waals surface area contributed by atoms with Crippen molar-refractivity contribution < 1.29 is 0 Å². The van der Waals surface area contributed by atoms with Gasteiger partial charge in [-0.05, 0) is 55.9 Å². The van der Waals surface area contributed by atoms with Crippen LogP contribution >= 0.6 is 0 Å². The molecule has 0 radical (unpaired) electrons. The van der Waals surface area contributed by atoms with Crippen LogP contribution < -0.4 is 10.9 Å². The van der Waals surface area contributed by atoms with E-state index < -0.39 is 0 Å². The van der Waals surface area contributed by atoms with Gasteiger partial charge in [0.25, 0.3) is 0 Å². The van der Waals surface area contributed by atoms with E-state index in [0.29, 0.717) is 12.1 Å². The van der Waals surface area contributed by atoms with Crippen LogP contribution in [0.3, 0.4) is 0 Å². The van der Waals surface area contributed by atoms with Gasteiger partial charge in [-0.3, -0.25) is 10.9 Å². The number of rotatable bonds is 2. The Kier molecular flexibility index (Phi) is 1.47. The van der Waals surface area contributed by atoms with Crippen LogP contribution in [0.15, 0.2) is 11.1 Å². The minimum atomic E-state index is 0.705. The molecular formula is C12H18N2. The zero-order chi connectivity index (χ0) is 9.12. The molecule has 0 aromatic heterocycles. The maximum absolute atomic E-state index is 3.44. The molecule has 4 rings (SSSR count). The third-order valence-corrected chi connectivity index (χ3v) is 4.29. The Balaban J connectivity index is 1.76. The van der Waals surface area contributed by atoms with Crippen molar-refractivity contribution in [2.75, 3.05) is 0 Å². The smallest absolute Gasteiger partial charge is 0.0441 e. The molecule has 2 bridgehead atoms. The van der Waals surface area contributed by atoms with Crippen molar-refractivity contribution in [2.45, 2.75) is 50.6 Å². The fourth-order valence-electron chi connectivity index (χ4n) is 3.38. The molecule has 3 saturated carbocycles. The first-order valence-electron chi connectivity index (χ1n) is 6.18. The van der Waals surface area contributed by atoms with Crippen molar-refractivity contribution in [3.05, 3.63) is 11.1 Å². The quantitative estimate of drug-likeness (QED) is 0.648. The summed E-state index contributed by atoms with van der Waals surface area (Å²) in [6, 6.07) is 1.41. The van der Waals surface area contributed by atoms with Gasteiger partial charge in [0.05, 0.1) is 0 Å². The van der Waals surface area contributed by atoms with E-state index in [4.69, 9.17) is 0 Å². The van der Waals surface area contributed by atoms with E-state index in [0.717, 1.165) is 11.8 Å². The Morgan fingerprint density at radius 1 is 0.786 bits per heavy atom. The molecule has 0 amide bonds. The summed E-state index contributed by atoms with van der Waals surface area (Å²) in [6.45, 7) is 0. The van der Waals surface area contributed by atoms with Crippen molar-refractivity contribution in [1.82, 2.24) is 10.9 Å². The Morgan fingerprint density at radius 3 is 1.64 bits per heavy atom. The van der Waals surface area contributed by atoms with Gasteiger partial charge in [0.2, 0.25) is 0 Å². The van der Waals surface area contributed by atoms with E-state index >= 15 is 0 Å². The van der Waals surface area contributed by atoms with Crippen LogP contribution in [-0.4, -0.2) is 12.1 Å². The first kappa shape index (κ1) is 7.89. The molecule has 14 heavy (non-hydrogen) atoms. The SMILES string of the molecule is C1CC1C(=C1[C@@H]2CC[C@H]1NN2)C1CC1. The Bertz CT molecular complexity index is 263. The number of hydrazine groups is 1. The molecule has 1 saturated heterocycles. The molecular weight excluding hydrogens is 172 g/mol. The molecule has 1 heterocycles. The standard InChI is InChI=1S/C12H18N2/c1-2-7(1)11(8-3-4-8)12-9-5-6-10(12)14-13-9/h7-10,13-14H,1-6H2/t9-,10+. The van der Waals surface area contributed by atoms with Crippen molar-refractivity contribution in [3.8, 4) is 0 Å². The molecule has 2 N–H and O–H groups in total. The summed E-state index contributed by atoms with van der Waals surface area (Å²) in [6.07, 6.45) is 8.67. The van der Waals surface area contributed by atoms with E-state index in [2.05, 4.69) is 10.9 Å². The lowest BCUT2D eigenvalue weighted by atomic mass is 9.95. The van der Waals surface area contributed by atoms with Crippen LogP contribution in [-0.2, 0) is 0 Å². The molecule has 1 aliphatic heterocycles. The zero-order valence-corrected chi connectivity index (χ0v) is 8.55. The molecule has 2 nitrogen and oxygen atoms in total. The van der Waals surface area contributed by atoms with E-state index in [1.54, 1.807) is 5.57 Å². The van der Waals surface area contributed by atoms with Crippen LogP contribution in [0.25, 0.3) is 0 Å². The summed E-state index contributed by atoms with van der Waals surface area (Å²) in [5.74, 6) is 2.00. The molecule has 2 atom stereocenters. The Labute approximate surface area is 85.1 Å².